The van der Waals surface area contributed by atoms with E-state index >= 15 is 0 Å². The van der Waals surface area contributed by atoms with Crippen LogP contribution in [0.1, 0.15) is 0 Å². The molecule has 0 aliphatic heterocycles. The highest BCUT2D eigenvalue weighted by Gasteiger charge is 2.32. The van der Waals surface area contributed by atoms with Crippen LogP contribution in [0.5, 0.6) is 11.5 Å². The van der Waals surface area contributed by atoms with Gasteiger partial charge in [0, 0.05) is 6.54 Å². The molecule has 0 aliphatic rings. The first-order valence-corrected chi connectivity index (χ1v) is 4.78. The minimum atomic E-state index is -4.79. The second-order valence-corrected chi connectivity index (χ2v) is 3.20. The van der Waals surface area contributed by atoms with E-state index in [-0.39, 0.29) is 18.9 Å². The van der Waals surface area contributed by atoms with E-state index in [1.807, 2.05) is 0 Å². The number of para-hydroxylation sites is 2. The van der Waals surface area contributed by atoms with Crippen molar-refractivity contribution in [2.24, 2.45) is 5.73 Å². The molecule has 7 heteroatoms. The van der Waals surface area contributed by atoms with Gasteiger partial charge in [-0.05, 0) is 12.1 Å². The molecule has 0 radical (unpaired) electrons. The minimum absolute atomic E-state index is 0.0394. The van der Waals surface area contributed by atoms with Crippen LogP contribution in [0.15, 0.2) is 24.3 Å². The average molecular weight is 251 g/mol. The van der Waals surface area contributed by atoms with Crippen molar-refractivity contribution in [3.05, 3.63) is 24.3 Å². The number of benzene rings is 1. The number of hydrogen-bond acceptors (Lipinski definition) is 4. The van der Waals surface area contributed by atoms with Crippen LogP contribution in [0.2, 0.25) is 0 Å². The Labute approximate surface area is 95.7 Å². The molecule has 0 aromatic heterocycles. The first kappa shape index (κ1) is 13.6. The maximum atomic E-state index is 12.0. The van der Waals surface area contributed by atoms with E-state index < -0.39 is 18.2 Å². The van der Waals surface area contributed by atoms with E-state index in [0.717, 1.165) is 6.07 Å². The summed E-state index contributed by atoms with van der Waals surface area (Å²) in [6, 6.07) is 5.31. The third-order valence-electron chi connectivity index (χ3n) is 1.78. The van der Waals surface area contributed by atoms with Crippen molar-refractivity contribution in [1.29, 1.82) is 0 Å². The van der Waals surface area contributed by atoms with E-state index in [1.165, 1.54) is 18.2 Å². The molecule has 3 N–H and O–H groups in total. The summed E-state index contributed by atoms with van der Waals surface area (Å²) in [6.07, 6.45) is -5.72. The van der Waals surface area contributed by atoms with Crippen LogP contribution in [0, 0.1) is 0 Å². The van der Waals surface area contributed by atoms with Gasteiger partial charge in [0.2, 0.25) is 0 Å². The number of aliphatic hydroxyl groups is 1. The fourth-order valence-electron chi connectivity index (χ4n) is 1.03. The summed E-state index contributed by atoms with van der Waals surface area (Å²) < 4.78 is 44.9. The first-order chi connectivity index (χ1) is 7.92. The lowest BCUT2D eigenvalue weighted by Gasteiger charge is -2.15. The summed E-state index contributed by atoms with van der Waals surface area (Å²) >= 11 is 0. The molecule has 1 rings (SSSR count). The normalized spacial score (nSPS) is 13.2. The molecule has 1 aromatic rings. The Kier molecular flexibility index (Phi) is 4.59. The fraction of sp³-hybridized carbons (Fsp3) is 0.400. The van der Waals surface area contributed by atoms with Crippen molar-refractivity contribution in [1.82, 2.24) is 0 Å². The fourth-order valence-corrected chi connectivity index (χ4v) is 1.03. The van der Waals surface area contributed by atoms with E-state index in [1.54, 1.807) is 0 Å². The quantitative estimate of drug-likeness (QED) is 0.827. The van der Waals surface area contributed by atoms with Crippen molar-refractivity contribution in [2.45, 2.75) is 12.5 Å². The van der Waals surface area contributed by atoms with Gasteiger partial charge in [-0.15, -0.1) is 13.2 Å². The minimum Gasteiger partial charge on any atom is -0.487 e. The second-order valence-electron chi connectivity index (χ2n) is 3.20. The Balaban J connectivity index is 2.71. The van der Waals surface area contributed by atoms with Crippen LogP contribution in [0.25, 0.3) is 0 Å². The van der Waals surface area contributed by atoms with Gasteiger partial charge >= 0.3 is 6.36 Å². The summed E-state index contributed by atoms with van der Waals surface area (Å²) in [4.78, 5) is 0. The predicted octanol–water partition coefficient (Wildman–Crippen LogP) is 1.28. The molecule has 96 valence electrons. The van der Waals surface area contributed by atoms with Crippen LogP contribution < -0.4 is 15.2 Å². The largest absolute Gasteiger partial charge is 0.573 e. The van der Waals surface area contributed by atoms with Gasteiger partial charge in [-0.1, -0.05) is 12.1 Å². The predicted molar refractivity (Wildman–Crippen MR) is 53.7 cm³/mol. The lowest BCUT2D eigenvalue weighted by molar-refractivity contribution is -0.275. The Morgan fingerprint density at radius 1 is 1.24 bits per heavy atom. The lowest BCUT2D eigenvalue weighted by Crippen LogP contribution is -2.27. The van der Waals surface area contributed by atoms with Crippen LogP contribution in [-0.2, 0) is 0 Å². The molecule has 0 saturated heterocycles. The number of rotatable bonds is 5. The molecular weight excluding hydrogens is 239 g/mol. The Bertz CT molecular complexity index is 357. The van der Waals surface area contributed by atoms with Crippen molar-refractivity contribution < 1.29 is 27.8 Å². The Hall–Kier alpha value is -1.47. The molecule has 4 nitrogen and oxygen atoms in total. The molecule has 0 bridgehead atoms. The van der Waals surface area contributed by atoms with Crippen LogP contribution >= 0.6 is 0 Å². The summed E-state index contributed by atoms with van der Waals surface area (Å²) in [5.74, 6) is -0.554. The summed E-state index contributed by atoms with van der Waals surface area (Å²) in [6.45, 7) is -0.239. The van der Waals surface area contributed by atoms with E-state index in [0.29, 0.717) is 0 Å². The number of alkyl halides is 3. The SMILES string of the molecule is NCC(O)COc1ccccc1OC(F)(F)F. The molecule has 0 heterocycles. The standard InChI is InChI=1S/C10H12F3NO3/c11-10(12,13)17-9-4-2-1-3-8(9)16-6-7(15)5-14/h1-4,7,15H,5-6,14H2. The molecule has 0 aliphatic carbocycles. The molecular formula is C10H12F3NO3. The van der Waals surface area contributed by atoms with Gasteiger partial charge in [0.15, 0.2) is 11.5 Å². The number of hydrogen-bond donors (Lipinski definition) is 2. The van der Waals surface area contributed by atoms with Crippen molar-refractivity contribution in [3.63, 3.8) is 0 Å². The van der Waals surface area contributed by atoms with Crippen LogP contribution in [-0.4, -0.2) is 30.7 Å². The van der Waals surface area contributed by atoms with Gasteiger partial charge in [0.1, 0.15) is 12.7 Å². The molecule has 0 spiro atoms. The lowest BCUT2D eigenvalue weighted by atomic mass is 10.3. The third kappa shape index (κ3) is 4.92. The molecule has 1 unspecified atom stereocenters. The van der Waals surface area contributed by atoms with Gasteiger partial charge in [0.25, 0.3) is 0 Å². The third-order valence-corrected chi connectivity index (χ3v) is 1.78. The highest BCUT2D eigenvalue weighted by atomic mass is 19.4. The summed E-state index contributed by atoms with van der Waals surface area (Å²) in [5.41, 5.74) is 5.13. The van der Waals surface area contributed by atoms with E-state index in [9.17, 15) is 13.2 Å². The van der Waals surface area contributed by atoms with Crippen LogP contribution in [0.3, 0.4) is 0 Å². The molecule has 17 heavy (non-hydrogen) atoms. The van der Waals surface area contributed by atoms with E-state index in [4.69, 9.17) is 15.6 Å². The number of halogens is 3. The zero-order valence-corrected chi connectivity index (χ0v) is 8.78. The topological polar surface area (TPSA) is 64.7 Å². The number of nitrogens with two attached hydrogens (primary N) is 1. The first-order valence-electron chi connectivity index (χ1n) is 4.78. The van der Waals surface area contributed by atoms with Gasteiger partial charge in [-0.25, -0.2) is 0 Å². The number of aliphatic hydroxyl groups excluding tert-OH is 1. The zero-order valence-electron chi connectivity index (χ0n) is 8.78. The number of ether oxygens (including phenoxy) is 2. The molecule has 1 atom stereocenters. The molecule has 1 aromatic carbocycles. The van der Waals surface area contributed by atoms with Crippen molar-refractivity contribution in [2.75, 3.05) is 13.2 Å². The Morgan fingerprint density at radius 2 is 1.82 bits per heavy atom. The van der Waals surface area contributed by atoms with Gasteiger partial charge in [-0.2, -0.15) is 0 Å². The van der Waals surface area contributed by atoms with Crippen LogP contribution in [0.4, 0.5) is 13.2 Å². The smallest absolute Gasteiger partial charge is 0.487 e. The summed E-state index contributed by atoms with van der Waals surface area (Å²) in [5, 5.41) is 9.13. The van der Waals surface area contributed by atoms with Gasteiger partial charge in [-0.3, -0.25) is 0 Å². The highest BCUT2D eigenvalue weighted by Crippen LogP contribution is 2.31. The van der Waals surface area contributed by atoms with Crippen molar-refractivity contribution in [3.8, 4) is 11.5 Å². The highest BCUT2D eigenvalue weighted by molar-refractivity contribution is 5.39. The zero-order chi connectivity index (χ0) is 12.9. The Morgan fingerprint density at radius 3 is 2.35 bits per heavy atom. The molecule has 0 saturated carbocycles. The molecule has 0 amide bonds. The van der Waals surface area contributed by atoms with E-state index in [2.05, 4.69) is 4.74 Å². The van der Waals surface area contributed by atoms with Gasteiger partial charge in [0.05, 0.1) is 0 Å². The molecule has 0 fully saturated rings. The van der Waals surface area contributed by atoms with Crippen molar-refractivity contribution >= 4 is 0 Å². The second kappa shape index (κ2) is 5.74. The monoisotopic (exact) mass is 251 g/mol. The van der Waals surface area contributed by atoms with Gasteiger partial charge < -0.3 is 20.3 Å². The maximum absolute atomic E-state index is 12.0. The maximum Gasteiger partial charge on any atom is 0.573 e. The summed E-state index contributed by atoms with van der Waals surface area (Å²) in [7, 11) is 0. The average Bonchev–Trinajstić information content (AvgIpc) is 2.25.